The summed E-state index contributed by atoms with van der Waals surface area (Å²) in [4.78, 5) is 17.7. The smallest absolute Gasteiger partial charge is 0.253 e. The molecule has 2 atom stereocenters. The van der Waals surface area contributed by atoms with E-state index in [9.17, 15) is 9.90 Å². The van der Waals surface area contributed by atoms with E-state index in [1.807, 2.05) is 30.5 Å². The zero-order chi connectivity index (χ0) is 27.1. The number of carbonyl (C=O) groups excluding carboxylic acids is 1. The second-order valence-corrected chi connectivity index (χ2v) is 10.3. The van der Waals surface area contributed by atoms with E-state index in [0.29, 0.717) is 46.0 Å². The third-order valence-corrected chi connectivity index (χ3v) is 7.55. The van der Waals surface area contributed by atoms with E-state index in [-0.39, 0.29) is 23.9 Å². The lowest BCUT2D eigenvalue weighted by Crippen LogP contribution is -2.45. The molecule has 6 nitrogen and oxygen atoms in total. The molecule has 1 aliphatic carbocycles. The van der Waals surface area contributed by atoms with Crippen molar-refractivity contribution in [2.75, 3.05) is 0 Å². The van der Waals surface area contributed by atoms with E-state index < -0.39 is 17.7 Å². The number of aromatic nitrogens is 3. The highest BCUT2D eigenvalue weighted by molar-refractivity contribution is 6.06. The molecule has 39 heavy (non-hydrogen) atoms. The van der Waals surface area contributed by atoms with Crippen LogP contribution < -0.4 is 5.32 Å². The van der Waals surface area contributed by atoms with Crippen LogP contribution in [-0.4, -0.2) is 37.9 Å². The number of aliphatic hydroxyl groups is 1. The van der Waals surface area contributed by atoms with Crippen molar-refractivity contribution in [3.8, 4) is 11.1 Å². The van der Waals surface area contributed by atoms with Crippen molar-refractivity contribution in [1.82, 2.24) is 20.1 Å². The maximum absolute atomic E-state index is 15.4. The van der Waals surface area contributed by atoms with Crippen molar-refractivity contribution < 1.29 is 18.7 Å². The number of aliphatic hydroxyl groups excluding tert-OH is 1. The van der Waals surface area contributed by atoms with Crippen LogP contribution in [0.25, 0.3) is 32.9 Å². The SMILES string of the molecule is Cn1cc2c(-c3cc(F)c(Cc4cc(C(=O)N[C@H]5CCCC[C@@H]5O)c5ncccc5c4)c(F)c3)cccc2n1. The van der Waals surface area contributed by atoms with E-state index >= 15 is 8.78 Å². The summed E-state index contributed by atoms with van der Waals surface area (Å²) in [7, 11) is 1.80. The average molecular weight is 527 g/mol. The van der Waals surface area contributed by atoms with Gasteiger partial charge in [-0.05, 0) is 65.9 Å². The minimum absolute atomic E-state index is 0.0355. The molecule has 0 saturated heterocycles. The third-order valence-electron chi connectivity index (χ3n) is 7.55. The summed E-state index contributed by atoms with van der Waals surface area (Å²) in [6, 6.07) is 14.9. The van der Waals surface area contributed by atoms with Crippen LogP contribution in [0, 0.1) is 11.6 Å². The number of halogens is 2. The first kappa shape index (κ1) is 25.1. The van der Waals surface area contributed by atoms with Crippen LogP contribution in [0.3, 0.4) is 0 Å². The van der Waals surface area contributed by atoms with Gasteiger partial charge in [0.1, 0.15) is 11.6 Å². The molecule has 1 aliphatic rings. The van der Waals surface area contributed by atoms with Gasteiger partial charge in [-0.3, -0.25) is 14.5 Å². The van der Waals surface area contributed by atoms with Crippen LogP contribution in [0.5, 0.6) is 0 Å². The Bertz CT molecular complexity index is 1690. The standard InChI is InChI=1S/C31H28F2N4O2/c1-37-17-24-21(7-4-9-27(24)36-37)20-15-25(32)22(26(33)16-20)13-18-12-19-6-5-11-34-30(19)23(14-18)31(39)35-28-8-2-3-10-29(28)38/h4-7,9,11-12,14-17,28-29,38H,2-3,8,10,13H2,1H3,(H,35,39)/t28-,29-/m0/s1. The number of pyridine rings is 1. The number of nitrogens with zero attached hydrogens (tertiary/aromatic N) is 3. The number of amides is 1. The summed E-state index contributed by atoms with van der Waals surface area (Å²) in [5.74, 6) is -1.67. The molecule has 3 aromatic carbocycles. The molecular formula is C31H28F2N4O2. The number of benzene rings is 3. The first-order chi connectivity index (χ1) is 18.9. The molecule has 0 spiro atoms. The fourth-order valence-electron chi connectivity index (χ4n) is 5.60. The summed E-state index contributed by atoms with van der Waals surface area (Å²) in [6.45, 7) is 0. The Labute approximate surface area is 224 Å². The fourth-order valence-corrected chi connectivity index (χ4v) is 5.60. The summed E-state index contributed by atoms with van der Waals surface area (Å²) in [6.07, 6.45) is 6.02. The summed E-state index contributed by atoms with van der Waals surface area (Å²) >= 11 is 0. The lowest BCUT2D eigenvalue weighted by atomic mass is 9.92. The van der Waals surface area contributed by atoms with Gasteiger partial charge in [0.2, 0.25) is 0 Å². The molecule has 0 bridgehead atoms. The minimum Gasteiger partial charge on any atom is -0.391 e. The number of carbonyl (C=O) groups is 1. The third kappa shape index (κ3) is 4.88. The van der Waals surface area contributed by atoms with Gasteiger partial charge < -0.3 is 10.4 Å². The van der Waals surface area contributed by atoms with Gasteiger partial charge in [-0.25, -0.2) is 8.78 Å². The van der Waals surface area contributed by atoms with Gasteiger partial charge in [0.15, 0.2) is 0 Å². The molecule has 1 saturated carbocycles. The quantitative estimate of drug-likeness (QED) is 0.308. The van der Waals surface area contributed by atoms with E-state index in [1.165, 1.54) is 12.1 Å². The van der Waals surface area contributed by atoms with Crippen LogP contribution in [0.1, 0.15) is 47.2 Å². The highest BCUT2D eigenvalue weighted by Gasteiger charge is 2.26. The Morgan fingerprint density at radius 2 is 1.87 bits per heavy atom. The molecule has 0 unspecified atom stereocenters. The number of hydrogen-bond donors (Lipinski definition) is 2. The van der Waals surface area contributed by atoms with Gasteiger partial charge in [-0.15, -0.1) is 0 Å². The summed E-state index contributed by atoms with van der Waals surface area (Å²) < 4.78 is 32.5. The Kier molecular flexibility index (Phi) is 6.56. The zero-order valence-corrected chi connectivity index (χ0v) is 21.5. The number of nitrogens with one attached hydrogen (secondary N) is 1. The van der Waals surface area contributed by atoms with Crippen molar-refractivity contribution >= 4 is 27.7 Å². The molecule has 0 radical (unpaired) electrons. The van der Waals surface area contributed by atoms with Gasteiger partial charge in [-0.1, -0.05) is 31.0 Å². The van der Waals surface area contributed by atoms with Crippen LogP contribution in [0.2, 0.25) is 0 Å². The normalized spacial score (nSPS) is 17.5. The Hall–Kier alpha value is -4.17. The van der Waals surface area contributed by atoms with Crippen molar-refractivity contribution in [3.63, 3.8) is 0 Å². The first-order valence-electron chi connectivity index (χ1n) is 13.1. The molecule has 6 rings (SSSR count). The number of hydrogen-bond acceptors (Lipinski definition) is 4. The minimum atomic E-state index is -0.659. The predicted octanol–water partition coefficient (Wildman–Crippen LogP) is 5.69. The highest BCUT2D eigenvalue weighted by atomic mass is 19.1. The topological polar surface area (TPSA) is 80.0 Å². The van der Waals surface area contributed by atoms with Crippen LogP contribution in [-0.2, 0) is 13.5 Å². The van der Waals surface area contributed by atoms with Crippen LogP contribution in [0.4, 0.5) is 8.78 Å². The molecule has 5 aromatic rings. The van der Waals surface area contributed by atoms with Gasteiger partial charge in [0.05, 0.1) is 28.7 Å². The van der Waals surface area contributed by atoms with Crippen molar-refractivity contribution in [2.45, 2.75) is 44.2 Å². The Morgan fingerprint density at radius 3 is 2.67 bits per heavy atom. The summed E-state index contributed by atoms with van der Waals surface area (Å²) in [5, 5.41) is 19.2. The van der Waals surface area contributed by atoms with E-state index in [1.54, 1.807) is 36.1 Å². The number of fused-ring (bicyclic) bond motifs is 2. The van der Waals surface area contributed by atoms with Crippen molar-refractivity contribution in [2.24, 2.45) is 7.05 Å². The monoisotopic (exact) mass is 526 g/mol. The van der Waals surface area contributed by atoms with E-state index in [2.05, 4.69) is 15.4 Å². The Balaban J connectivity index is 1.35. The van der Waals surface area contributed by atoms with Crippen LogP contribution >= 0.6 is 0 Å². The second kappa shape index (κ2) is 10.2. The maximum Gasteiger partial charge on any atom is 0.253 e. The lowest BCUT2D eigenvalue weighted by Gasteiger charge is -2.28. The highest BCUT2D eigenvalue weighted by Crippen LogP contribution is 2.32. The van der Waals surface area contributed by atoms with E-state index in [0.717, 1.165) is 23.7 Å². The first-order valence-corrected chi connectivity index (χ1v) is 13.1. The molecule has 0 aliphatic heterocycles. The Morgan fingerprint density at radius 1 is 1.08 bits per heavy atom. The zero-order valence-electron chi connectivity index (χ0n) is 21.5. The molecule has 1 amide bonds. The van der Waals surface area contributed by atoms with Gasteiger partial charge in [-0.2, -0.15) is 5.10 Å². The fraction of sp³-hybridized carbons (Fsp3) is 0.258. The van der Waals surface area contributed by atoms with Gasteiger partial charge in [0, 0.05) is 42.2 Å². The second-order valence-electron chi connectivity index (χ2n) is 10.3. The molecule has 8 heteroatoms. The van der Waals surface area contributed by atoms with Crippen LogP contribution in [0.15, 0.2) is 67.0 Å². The maximum atomic E-state index is 15.4. The number of aryl methyl sites for hydroxylation is 1. The van der Waals surface area contributed by atoms with Crippen molar-refractivity contribution in [3.05, 3.63) is 95.3 Å². The van der Waals surface area contributed by atoms with Gasteiger partial charge >= 0.3 is 0 Å². The number of rotatable bonds is 5. The molecule has 198 valence electrons. The molecule has 1 fully saturated rings. The van der Waals surface area contributed by atoms with Crippen molar-refractivity contribution in [1.29, 1.82) is 0 Å². The molecule has 2 N–H and O–H groups in total. The molecule has 2 aromatic heterocycles. The summed E-state index contributed by atoms with van der Waals surface area (Å²) in [5.41, 5.74) is 3.22. The lowest BCUT2D eigenvalue weighted by molar-refractivity contribution is 0.0718. The molecule has 2 heterocycles. The average Bonchev–Trinajstić information content (AvgIpc) is 3.31. The largest absolute Gasteiger partial charge is 0.391 e. The van der Waals surface area contributed by atoms with Gasteiger partial charge in [0.25, 0.3) is 5.91 Å². The van der Waals surface area contributed by atoms with E-state index in [4.69, 9.17) is 0 Å². The predicted molar refractivity (Wildman–Crippen MR) is 146 cm³/mol. The molecular weight excluding hydrogens is 498 g/mol.